The third-order valence-corrected chi connectivity index (χ3v) is 3.67. The number of aromatic nitrogens is 3. The second-order valence-electron chi connectivity index (χ2n) is 4.40. The van der Waals surface area contributed by atoms with Crippen molar-refractivity contribution in [2.75, 3.05) is 0 Å². The predicted octanol–water partition coefficient (Wildman–Crippen LogP) is 3.85. The highest BCUT2D eigenvalue weighted by atomic mass is 79.9. The molecule has 0 fully saturated rings. The first kappa shape index (κ1) is 12.3. The minimum atomic E-state index is -0.311. The molecule has 2 aromatic heterocycles. The fraction of sp³-hybridized carbons (Fsp3) is 0.143. The van der Waals surface area contributed by atoms with Gasteiger partial charge >= 0.3 is 0 Å². The molecule has 0 N–H and O–H groups in total. The van der Waals surface area contributed by atoms with E-state index in [1.807, 2.05) is 24.7 Å². The molecule has 1 aromatic carbocycles. The van der Waals surface area contributed by atoms with Crippen molar-refractivity contribution >= 4 is 27.0 Å². The summed E-state index contributed by atoms with van der Waals surface area (Å²) < 4.78 is 16.7. The minimum absolute atomic E-state index is 0.311. The predicted molar refractivity (Wildman–Crippen MR) is 76.3 cm³/mol. The van der Waals surface area contributed by atoms with Gasteiger partial charge in [-0.1, -0.05) is 12.1 Å². The topological polar surface area (TPSA) is 30.7 Å². The van der Waals surface area contributed by atoms with E-state index in [0.717, 1.165) is 21.2 Å². The van der Waals surface area contributed by atoms with Crippen molar-refractivity contribution in [1.29, 1.82) is 0 Å². The lowest BCUT2D eigenvalue weighted by molar-refractivity contribution is 0.630. The summed E-state index contributed by atoms with van der Waals surface area (Å²) in [6.07, 6.45) is 1.93. The van der Waals surface area contributed by atoms with E-state index in [4.69, 9.17) is 0 Å². The number of nitrogens with zero attached hydrogens (tertiary/aromatic N) is 3. The second-order valence-corrected chi connectivity index (χ2v) is 5.25. The normalized spacial score (nSPS) is 11.2. The Morgan fingerprint density at radius 1 is 1.21 bits per heavy atom. The lowest BCUT2D eigenvalue weighted by atomic mass is 10.2. The van der Waals surface area contributed by atoms with Gasteiger partial charge in [-0.05, 0) is 35.0 Å². The molecule has 0 saturated carbocycles. The van der Waals surface area contributed by atoms with Crippen molar-refractivity contribution in [1.82, 2.24) is 14.5 Å². The zero-order valence-electron chi connectivity index (χ0n) is 10.5. The summed E-state index contributed by atoms with van der Waals surface area (Å²) in [7, 11) is 1.91. The molecule has 0 saturated heterocycles. The first-order chi connectivity index (χ1) is 9.08. The van der Waals surface area contributed by atoms with Gasteiger partial charge < -0.3 is 4.57 Å². The Morgan fingerprint density at radius 3 is 2.68 bits per heavy atom. The Morgan fingerprint density at radius 2 is 1.95 bits per heavy atom. The largest absolute Gasteiger partial charge is 0.334 e. The van der Waals surface area contributed by atoms with E-state index in [9.17, 15) is 4.39 Å². The molecule has 19 heavy (non-hydrogen) atoms. The Balaban J connectivity index is 2.33. The maximum Gasteiger partial charge on any atom is 0.164 e. The van der Waals surface area contributed by atoms with Gasteiger partial charge in [-0.3, -0.25) is 0 Å². The number of aryl methyl sites for hydroxylation is 2. The van der Waals surface area contributed by atoms with Gasteiger partial charge in [0.25, 0.3) is 0 Å². The Hall–Kier alpha value is -1.75. The number of rotatable bonds is 1. The molecule has 0 bridgehead atoms. The molecule has 2 heterocycles. The fourth-order valence-corrected chi connectivity index (χ4v) is 2.92. The van der Waals surface area contributed by atoms with E-state index in [1.54, 1.807) is 18.2 Å². The van der Waals surface area contributed by atoms with E-state index in [0.29, 0.717) is 11.4 Å². The number of halogens is 2. The molecule has 0 amide bonds. The summed E-state index contributed by atoms with van der Waals surface area (Å²) in [4.78, 5) is 8.88. The Labute approximate surface area is 118 Å². The molecular weight excluding hydrogens is 309 g/mol. The maximum absolute atomic E-state index is 13.8. The van der Waals surface area contributed by atoms with Crippen molar-refractivity contribution in [2.45, 2.75) is 6.92 Å². The lowest BCUT2D eigenvalue weighted by Gasteiger charge is -2.05. The molecule has 0 atom stereocenters. The van der Waals surface area contributed by atoms with E-state index in [-0.39, 0.29) is 5.82 Å². The van der Waals surface area contributed by atoms with E-state index in [2.05, 4.69) is 25.9 Å². The van der Waals surface area contributed by atoms with Crippen LogP contribution in [-0.4, -0.2) is 14.5 Å². The molecule has 0 spiro atoms. The van der Waals surface area contributed by atoms with Crippen LogP contribution >= 0.6 is 15.9 Å². The molecule has 5 heteroatoms. The Kier molecular flexibility index (Phi) is 2.86. The molecule has 0 aliphatic heterocycles. The molecule has 96 valence electrons. The summed E-state index contributed by atoms with van der Waals surface area (Å²) in [5.74, 6) is 0.103. The maximum atomic E-state index is 13.8. The van der Waals surface area contributed by atoms with Gasteiger partial charge in [0.15, 0.2) is 5.82 Å². The minimum Gasteiger partial charge on any atom is -0.334 e. The quantitative estimate of drug-likeness (QED) is 0.682. The van der Waals surface area contributed by atoms with Crippen LogP contribution in [0.5, 0.6) is 0 Å². The van der Waals surface area contributed by atoms with Crippen molar-refractivity contribution < 1.29 is 4.39 Å². The Bertz CT molecular complexity index is 780. The lowest BCUT2D eigenvalue weighted by Crippen LogP contribution is -1.97. The third kappa shape index (κ3) is 1.94. The summed E-state index contributed by atoms with van der Waals surface area (Å²) >= 11 is 3.49. The highest BCUT2D eigenvalue weighted by Crippen LogP contribution is 2.29. The number of fused-ring (bicyclic) bond motifs is 1. The zero-order chi connectivity index (χ0) is 13.6. The second kappa shape index (κ2) is 4.42. The highest BCUT2D eigenvalue weighted by molar-refractivity contribution is 9.10. The average molecular weight is 320 g/mol. The zero-order valence-corrected chi connectivity index (χ0v) is 12.1. The summed E-state index contributed by atoms with van der Waals surface area (Å²) in [6, 6.07) is 6.54. The summed E-state index contributed by atoms with van der Waals surface area (Å²) in [5.41, 5.74) is 2.04. The van der Waals surface area contributed by atoms with Crippen LogP contribution in [0.1, 0.15) is 5.69 Å². The van der Waals surface area contributed by atoms with Crippen LogP contribution in [0, 0.1) is 12.7 Å². The van der Waals surface area contributed by atoms with Crippen LogP contribution in [0.4, 0.5) is 4.39 Å². The van der Waals surface area contributed by atoms with Crippen molar-refractivity contribution in [3.63, 3.8) is 0 Å². The van der Waals surface area contributed by atoms with Crippen LogP contribution in [-0.2, 0) is 7.05 Å². The van der Waals surface area contributed by atoms with Crippen molar-refractivity contribution in [3.8, 4) is 11.4 Å². The van der Waals surface area contributed by atoms with Crippen molar-refractivity contribution in [2.24, 2.45) is 7.05 Å². The third-order valence-electron chi connectivity index (χ3n) is 3.07. The molecule has 3 nitrogen and oxygen atoms in total. The molecule has 0 aliphatic rings. The molecule has 0 radical (unpaired) electrons. The molecule has 0 aliphatic carbocycles. The molecular formula is C14H11BrFN3. The molecule has 3 rings (SSSR count). The van der Waals surface area contributed by atoms with Gasteiger partial charge in [0.2, 0.25) is 0 Å². The summed E-state index contributed by atoms with van der Waals surface area (Å²) in [5, 5.41) is 0.961. The number of benzene rings is 1. The highest BCUT2D eigenvalue weighted by Gasteiger charge is 2.14. The van der Waals surface area contributed by atoms with Crippen LogP contribution in [0.15, 0.2) is 34.9 Å². The van der Waals surface area contributed by atoms with E-state index in [1.165, 1.54) is 6.07 Å². The first-order valence-electron chi connectivity index (χ1n) is 5.82. The first-order valence-corrected chi connectivity index (χ1v) is 6.61. The van der Waals surface area contributed by atoms with Crippen LogP contribution in [0.25, 0.3) is 22.4 Å². The van der Waals surface area contributed by atoms with Gasteiger partial charge in [-0.2, -0.15) is 0 Å². The van der Waals surface area contributed by atoms with Gasteiger partial charge in [0.05, 0.1) is 16.6 Å². The van der Waals surface area contributed by atoms with Crippen LogP contribution in [0.2, 0.25) is 0 Å². The van der Waals surface area contributed by atoms with Crippen molar-refractivity contribution in [3.05, 3.63) is 46.4 Å². The molecule has 0 unspecified atom stereocenters. The summed E-state index contributed by atoms with van der Waals surface area (Å²) in [6.45, 7) is 1.90. The SMILES string of the molecule is Cc1nc(-c2ccccc2F)nc2c1c(Br)cn2C. The van der Waals surface area contributed by atoms with Gasteiger partial charge in [-0.25, -0.2) is 14.4 Å². The number of hydrogen-bond acceptors (Lipinski definition) is 2. The van der Waals surface area contributed by atoms with Gasteiger partial charge in [0.1, 0.15) is 11.5 Å². The van der Waals surface area contributed by atoms with Crippen LogP contribution in [0.3, 0.4) is 0 Å². The van der Waals surface area contributed by atoms with E-state index >= 15 is 0 Å². The standard InChI is InChI=1S/C14H11BrFN3/c1-8-12-10(15)7-19(2)14(12)18-13(17-8)9-5-3-4-6-11(9)16/h3-7H,1-2H3. The number of hydrogen-bond donors (Lipinski definition) is 0. The van der Waals surface area contributed by atoms with Gasteiger partial charge in [-0.15, -0.1) is 0 Å². The molecule has 3 aromatic rings. The van der Waals surface area contributed by atoms with Crippen LogP contribution < -0.4 is 0 Å². The monoisotopic (exact) mass is 319 g/mol. The van der Waals surface area contributed by atoms with E-state index < -0.39 is 0 Å². The van der Waals surface area contributed by atoms with Gasteiger partial charge in [0, 0.05) is 17.7 Å². The fourth-order valence-electron chi connectivity index (χ4n) is 2.15. The average Bonchev–Trinajstić information content (AvgIpc) is 2.65. The smallest absolute Gasteiger partial charge is 0.164 e.